The molecule has 0 aromatic heterocycles. The minimum Gasteiger partial charge on any atom is -0.455 e. The Hall–Kier alpha value is -3.05. The van der Waals surface area contributed by atoms with Gasteiger partial charge in [-0.3, -0.25) is 9.59 Å². The standard InChI is InChI=1S/C23H26F2N2O6S/c24-23(25)33-19-8-6-17(7-9-19)10-13-26-21(28)16-32-22(29)18-11-14-27(15-12-18)34(30,31)20-4-2-1-3-5-20/h1-9,18,23H,10-16H2,(H,26,28). The number of sulfonamides is 1. The van der Waals surface area contributed by atoms with Crippen LogP contribution < -0.4 is 10.1 Å². The van der Waals surface area contributed by atoms with E-state index in [0.29, 0.717) is 19.3 Å². The predicted octanol–water partition coefficient (Wildman–Crippen LogP) is 2.59. The van der Waals surface area contributed by atoms with Crippen LogP contribution in [0.3, 0.4) is 0 Å². The van der Waals surface area contributed by atoms with Crippen LogP contribution in [0.4, 0.5) is 8.78 Å². The minimum absolute atomic E-state index is 0.0539. The number of hydrogen-bond acceptors (Lipinski definition) is 6. The molecule has 1 amide bonds. The van der Waals surface area contributed by atoms with E-state index in [2.05, 4.69) is 10.1 Å². The number of alkyl halides is 2. The average Bonchev–Trinajstić information content (AvgIpc) is 2.84. The van der Waals surface area contributed by atoms with Crippen LogP contribution in [0.2, 0.25) is 0 Å². The molecule has 8 nitrogen and oxygen atoms in total. The molecule has 1 fully saturated rings. The second-order valence-electron chi connectivity index (χ2n) is 7.72. The first-order valence-corrected chi connectivity index (χ1v) is 12.2. The lowest BCUT2D eigenvalue weighted by Crippen LogP contribution is -2.41. The van der Waals surface area contributed by atoms with Gasteiger partial charge >= 0.3 is 12.6 Å². The molecule has 0 bridgehead atoms. The van der Waals surface area contributed by atoms with Crippen LogP contribution in [0, 0.1) is 5.92 Å². The van der Waals surface area contributed by atoms with Gasteiger partial charge in [-0.1, -0.05) is 30.3 Å². The molecule has 1 heterocycles. The van der Waals surface area contributed by atoms with Crippen molar-refractivity contribution in [2.45, 2.75) is 30.8 Å². The second kappa shape index (κ2) is 11.9. The number of nitrogens with zero attached hydrogens (tertiary/aromatic N) is 1. The lowest BCUT2D eigenvalue weighted by Gasteiger charge is -2.30. The molecule has 2 aromatic rings. The van der Waals surface area contributed by atoms with Gasteiger partial charge < -0.3 is 14.8 Å². The molecule has 3 rings (SSSR count). The zero-order valence-electron chi connectivity index (χ0n) is 18.4. The number of nitrogens with one attached hydrogen (secondary N) is 1. The number of hydrogen-bond donors (Lipinski definition) is 1. The molecule has 2 aromatic carbocycles. The van der Waals surface area contributed by atoms with Crippen molar-refractivity contribution in [1.29, 1.82) is 0 Å². The topological polar surface area (TPSA) is 102 Å². The molecule has 0 atom stereocenters. The molecule has 11 heteroatoms. The maximum absolute atomic E-state index is 12.7. The van der Waals surface area contributed by atoms with E-state index in [9.17, 15) is 26.8 Å². The smallest absolute Gasteiger partial charge is 0.387 e. The minimum atomic E-state index is -3.60. The summed E-state index contributed by atoms with van der Waals surface area (Å²) in [6, 6.07) is 14.2. The van der Waals surface area contributed by atoms with Crippen molar-refractivity contribution in [2.75, 3.05) is 26.2 Å². The third-order valence-electron chi connectivity index (χ3n) is 5.40. The molecule has 1 aliphatic heterocycles. The highest BCUT2D eigenvalue weighted by molar-refractivity contribution is 7.89. The molecular weight excluding hydrogens is 470 g/mol. The van der Waals surface area contributed by atoms with Crippen molar-refractivity contribution < 1.29 is 36.3 Å². The fraction of sp³-hybridized carbons (Fsp3) is 0.391. The van der Waals surface area contributed by atoms with E-state index in [1.807, 2.05) is 0 Å². The third-order valence-corrected chi connectivity index (χ3v) is 7.31. The molecule has 0 radical (unpaired) electrons. The highest BCUT2D eigenvalue weighted by Gasteiger charge is 2.32. The molecule has 1 N–H and O–H groups in total. The highest BCUT2D eigenvalue weighted by Crippen LogP contribution is 2.24. The summed E-state index contributed by atoms with van der Waals surface area (Å²) in [4.78, 5) is 24.5. The summed E-state index contributed by atoms with van der Waals surface area (Å²) >= 11 is 0. The number of amides is 1. The fourth-order valence-electron chi connectivity index (χ4n) is 3.56. The van der Waals surface area contributed by atoms with Crippen molar-refractivity contribution in [3.63, 3.8) is 0 Å². The number of piperidine rings is 1. The highest BCUT2D eigenvalue weighted by atomic mass is 32.2. The fourth-order valence-corrected chi connectivity index (χ4v) is 5.05. The zero-order valence-corrected chi connectivity index (χ0v) is 19.2. The van der Waals surface area contributed by atoms with Gasteiger partial charge in [-0.2, -0.15) is 13.1 Å². The van der Waals surface area contributed by atoms with Gasteiger partial charge in [0.15, 0.2) is 6.61 Å². The number of benzene rings is 2. The van der Waals surface area contributed by atoms with Crippen molar-refractivity contribution >= 4 is 21.9 Å². The van der Waals surface area contributed by atoms with Crippen LogP contribution in [0.5, 0.6) is 5.75 Å². The summed E-state index contributed by atoms with van der Waals surface area (Å²) in [5.41, 5.74) is 0.816. The summed E-state index contributed by atoms with van der Waals surface area (Å²) in [6.07, 6.45) is 1.10. The van der Waals surface area contributed by atoms with E-state index in [0.717, 1.165) is 5.56 Å². The lowest BCUT2D eigenvalue weighted by atomic mass is 9.98. The number of carbonyl (C=O) groups excluding carboxylic acids is 2. The Morgan fingerprint density at radius 1 is 1.03 bits per heavy atom. The maximum Gasteiger partial charge on any atom is 0.387 e. The van der Waals surface area contributed by atoms with Crippen LogP contribution in [0.15, 0.2) is 59.5 Å². The van der Waals surface area contributed by atoms with E-state index in [4.69, 9.17) is 4.74 Å². The van der Waals surface area contributed by atoms with Crippen molar-refractivity contribution in [3.05, 3.63) is 60.2 Å². The Balaban J connectivity index is 1.35. The summed E-state index contributed by atoms with van der Waals surface area (Å²) in [7, 11) is -3.60. The maximum atomic E-state index is 12.7. The van der Waals surface area contributed by atoms with Gasteiger partial charge in [-0.15, -0.1) is 0 Å². The van der Waals surface area contributed by atoms with E-state index in [-0.39, 0.29) is 30.3 Å². The van der Waals surface area contributed by atoms with Crippen LogP contribution in [-0.2, 0) is 30.8 Å². The lowest BCUT2D eigenvalue weighted by molar-refractivity contribution is -0.153. The first-order chi connectivity index (χ1) is 16.3. The molecule has 0 aliphatic carbocycles. The van der Waals surface area contributed by atoms with Crippen molar-refractivity contribution in [1.82, 2.24) is 9.62 Å². The molecule has 0 saturated carbocycles. The molecular formula is C23H26F2N2O6S. The number of esters is 1. The van der Waals surface area contributed by atoms with Gasteiger partial charge in [0.25, 0.3) is 5.91 Å². The Morgan fingerprint density at radius 2 is 1.68 bits per heavy atom. The average molecular weight is 497 g/mol. The third kappa shape index (κ3) is 7.22. The zero-order chi connectivity index (χ0) is 24.6. The van der Waals surface area contributed by atoms with Gasteiger partial charge in [0, 0.05) is 19.6 Å². The van der Waals surface area contributed by atoms with E-state index in [1.165, 1.54) is 28.6 Å². The number of ether oxygens (including phenoxy) is 2. The van der Waals surface area contributed by atoms with E-state index < -0.39 is 41.0 Å². The van der Waals surface area contributed by atoms with Crippen LogP contribution in [-0.4, -0.2) is 57.5 Å². The van der Waals surface area contributed by atoms with E-state index >= 15 is 0 Å². The van der Waals surface area contributed by atoms with Gasteiger partial charge in [0.2, 0.25) is 10.0 Å². The summed E-state index contributed by atoms with van der Waals surface area (Å²) in [5.74, 6) is -1.40. The van der Waals surface area contributed by atoms with Crippen molar-refractivity contribution in [2.24, 2.45) is 5.92 Å². The van der Waals surface area contributed by atoms with Crippen molar-refractivity contribution in [3.8, 4) is 5.75 Å². The Labute approximate surface area is 196 Å². The number of halogens is 2. The molecule has 1 saturated heterocycles. The summed E-state index contributed by atoms with van der Waals surface area (Å²) in [6.45, 7) is -2.64. The van der Waals surface area contributed by atoms with Gasteiger partial charge in [0.05, 0.1) is 10.8 Å². The summed E-state index contributed by atoms with van der Waals surface area (Å²) in [5, 5.41) is 2.63. The van der Waals surface area contributed by atoms with Gasteiger partial charge in [-0.25, -0.2) is 8.42 Å². The Kier molecular flexibility index (Phi) is 8.94. The van der Waals surface area contributed by atoms with Crippen LogP contribution in [0.1, 0.15) is 18.4 Å². The molecule has 0 spiro atoms. The Bertz CT molecular complexity index is 1060. The van der Waals surface area contributed by atoms with Crippen LogP contribution in [0.25, 0.3) is 0 Å². The quantitative estimate of drug-likeness (QED) is 0.508. The number of carbonyl (C=O) groups is 2. The second-order valence-corrected chi connectivity index (χ2v) is 9.66. The SMILES string of the molecule is O=C(COC(=O)C1CCN(S(=O)(=O)c2ccccc2)CC1)NCCc1ccc(OC(F)F)cc1. The monoisotopic (exact) mass is 496 g/mol. The normalized spacial score (nSPS) is 15.1. The first-order valence-electron chi connectivity index (χ1n) is 10.8. The molecule has 184 valence electrons. The Morgan fingerprint density at radius 3 is 2.29 bits per heavy atom. The first kappa shape index (κ1) is 25.6. The van der Waals surface area contributed by atoms with E-state index in [1.54, 1.807) is 30.3 Å². The van der Waals surface area contributed by atoms with Crippen LogP contribution >= 0.6 is 0 Å². The largest absolute Gasteiger partial charge is 0.455 e. The summed E-state index contributed by atoms with van der Waals surface area (Å²) < 4.78 is 60.4. The number of rotatable bonds is 10. The van der Waals surface area contributed by atoms with Gasteiger partial charge in [-0.05, 0) is 49.1 Å². The van der Waals surface area contributed by atoms with Gasteiger partial charge in [0.1, 0.15) is 5.75 Å². The predicted molar refractivity (Wildman–Crippen MR) is 119 cm³/mol. The molecule has 1 aliphatic rings. The molecule has 34 heavy (non-hydrogen) atoms. The molecule has 0 unspecified atom stereocenters.